The number of carbonyl (C=O) groups is 2. The molecule has 1 aliphatic rings. The molecule has 0 aliphatic carbocycles. The Balaban J connectivity index is 1.45. The van der Waals surface area contributed by atoms with Crippen molar-refractivity contribution in [2.45, 2.75) is 13.3 Å². The molecule has 3 rings (SSSR count). The third kappa shape index (κ3) is 6.21. The Kier molecular flexibility index (Phi) is 6.61. The van der Waals surface area contributed by atoms with Crippen LogP contribution >= 0.6 is 0 Å². The highest BCUT2D eigenvalue weighted by molar-refractivity contribution is 5.94. The Morgan fingerprint density at radius 1 is 1.03 bits per heavy atom. The standard InChI is InChI=1S/C21H22F3N3O3/c1-15-2-4-16(5-3-15)20(29)27-12-10-26(11-13-27)14-19(28)25-17-6-8-18(9-7-17)30-21(22,23)24/h2-9H,10-14H2,1H3,(H,25,28)/p+1. The molecule has 160 valence electrons. The molecule has 30 heavy (non-hydrogen) atoms. The molecule has 0 radical (unpaired) electrons. The minimum atomic E-state index is -4.75. The van der Waals surface area contributed by atoms with Crippen LogP contribution in [0.2, 0.25) is 0 Å². The summed E-state index contributed by atoms with van der Waals surface area (Å²) in [5.41, 5.74) is 2.14. The van der Waals surface area contributed by atoms with Crippen molar-refractivity contribution in [3.63, 3.8) is 0 Å². The van der Waals surface area contributed by atoms with Crippen molar-refractivity contribution in [3.8, 4) is 5.75 Å². The first-order valence-electron chi connectivity index (χ1n) is 9.55. The number of rotatable bonds is 5. The molecule has 0 unspecified atom stereocenters. The lowest BCUT2D eigenvalue weighted by atomic mass is 10.1. The van der Waals surface area contributed by atoms with Gasteiger partial charge in [0.15, 0.2) is 6.54 Å². The average molecular weight is 422 g/mol. The molecule has 1 saturated heterocycles. The largest absolute Gasteiger partial charge is 0.573 e. The SMILES string of the molecule is Cc1ccc(C(=O)N2CC[NH+](CC(=O)Nc3ccc(OC(F)(F)F)cc3)CC2)cc1. The highest BCUT2D eigenvalue weighted by Gasteiger charge is 2.31. The van der Waals surface area contributed by atoms with Gasteiger partial charge in [0.2, 0.25) is 0 Å². The molecule has 1 heterocycles. The zero-order valence-electron chi connectivity index (χ0n) is 16.5. The number of piperazine rings is 1. The summed E-state index contributed by atoms with van der Waals surface area (Å²) in [7, 11) is 0. The minimum absolute atomic E-state index is 0.0142. The van der Waals surface area contributed by atoms with Crippen LogP contribution in [0.4, 0.5) is 18.9 Å². The first kappa shape index (κ1) is 21.6. The number of ether oxygens (including phenoxy) is 1. The number of quaternary nitrogens is 1. The third-order valence-corrected chi connectivity index (χ3v) is 4.84. The maximum absolute atomic E-state index is 12.6. The first-order chi connectivity index (χ1) is 14.2. The lowest BCUT2D eigenvalue weighted by molar-refractivity contribution is -0.895. The Morgan fingerprint density at radius 3 is 2.20 bits per heavy atom. The van der Waals surface area contributed by atoms with E-state index in [0.29, 0.717) is 37.4 Å². The molecule has 1 fully saturated rings. The summed E-state index contributed by atoms with van der Waals surface area (Å²) in [6.07, 6.45) is -4.75. The summed E-state index contributed by atoms with van der Waals surface area (Å²) < 4.78 is 40.4. The molecule has 9 heteroatoms. The normalized spacial score (nSPS) is 15.0. The number of nitrogens with one attached hydrogen (secondary N) is 2. The van der Waals surface area contributed by atoms with Gasteiger partial charge in [0.05, 0.1) is 26.2 Å². The average Bonchev–Trinajstić information content (AvgIpc) is 2.69. The van der Waals surface area contributed by atoms with Crippen molar-refractivity contribution in [1.82, 2.24) is 4.90 Å². The number of carbonyl (C=O) groups excluding carboxylic acids is 2. The van der Waals surface area contributed by atoms with Crippen molar-refractivity contribution >= 4 is 17.5 Å². The van der Waals surface area contributed by atoms with Gasteiger partial charge < -0.3 is 19.9 Å². The predicted octanol–water partition coefficient (Wildman–Crippen LogP) is 1.87. The quantitative estimate of drug-likeness (QED) is 0.774. The van der Waals surface area contributed by atoms with Gasteiger partial charge in [-0.05, 0) is 43.3 Å². The van der Waals surface area contributed by atoms with Gasteiger partial charge in [-0.15, -0.1) is 13.2 Å². The fourth-order valence-corrected chi connectivity index (χ4v) is 3.25. The number of hydrogen-bond acceptors (Lipinski definition) is 3. The van der Waals surface area contributed by atoms with Gasteiger partial charge in [-0.3, -0.25) is 9.59 Å². The second kappa shape index (κ2) is 9.17. The number of nitrogens with zero attached hydrogens (tertiary/aromatic N) is 1. The molecule has 0 spiro atoms. The number of alkyl halides is 3. The lowest BCUT2D eigenvalue weighted by Gasteiger charge is -2.32. The van der Waals surface area contributed by atoms with Crippen LogP contribution in [0, 0.1) is 6.92 Å². The Morgan fingerprint density at radius 2 is 1.63 bits per heavy atom. The zero-order chi connectivity index (χ0) is 21.7. The van der Waals surface area contributed by atoms with Crippen molar-refractivity contribution < 1.29 is 32.4 Å². The highest BCUT2D eigenvalue weighted by Crippen LogP contribution is 2.23. The Labute approximate surface area is 172 Å². The van der Waals surface area contributed by atoms with E-state index in [9.17, 15) is 22.8 Å². The summed E-state index contributed by atoms with van der Waals surface area (Å²) in [6, 6.07) is 12.4. The van der Waals surface area contributed by atoms with Gasteiger partial charge in [0.1, 0.15) is 5.75 Å². The molecule has 0 saturated carbocycles. The summed E-state index contributed by atoms with van der Waals surface area (Å²) in [6.45, 7) is 4.57. The van der Waals surface area contributed by atoms with Gasteiger partial charge in [-0.2, -0.15) is 0 Å². The second-order valence-corrected chi connectivity index (χ2v) is 7.21. The van der Waals surface area contributed by atoms with Crippen LogP contribution in [0.5, 0.6) is 5.75 Å². The van der Waals surface area contributed by atoms with E-state index in [1.54, 1.807) is 4.90 Å². The summed E-state index contributed by atoms with van der Waals surface area (Å²) in [4.78, 5) is 27.6. The van der Waals surface area contributed by atoms with E-state index in [2.05, 4.69) is 10.1 Å². The van der Waals surface area contributed by atoms with Crippen molar-refractivity contribution in [2.24, 2.45) is 0 Å². The number of hydrogen-bond donors (Lipinski definition) is 2. The number of amides is 2. The van der Waals surface area contributed by atoms with E-state index in [1.807, 2.05) is 31.2 Å². The van der Waals surface area contributed by atoms with Crippen LogP contribution in [-0.4, -0.2) is 55.8 Å². The first-order valence-corrected chi connectivity index (χ1v) is 9.55. The molecule has 2 N–H and O–H groups in total. The van der Waals surface area contributed by atoms with Gasteiger partial charge in [0.25, 0.3) is 11.8 Å². The van der Waals surface area contributed by atoms with Crippen LogP contribution in [0.15, 0.2) is 48.5 Å². The van der Waals surface area contributed by atoms with E-state index >= 15 is 0 Å². The van der Waals surface area contributed by atoms with E-state index in [1.165, 1.54) is 12.1 Å². The van der Waals surface area contributed by atoms with Gasteiger partial charge in [-0.1, -0.05) is 17.7 Å². The molecule has 2 aromatic carbocycles. The van der Waals surface area contributed by atoms with Crippen LogP contribution in [-0.2, 0) is 4.79 Å². The van der Waals surface area contributed by atoms with Gasteiger partial charge in [0, 0.05) is 11.3 Å². The van der Waals surface area contributed by atoms with E-state index in [-0.39, 0.29) is 24.1 Å². The van der Waals surface area contributed by atoms with Crippen molar-refractivity contribution in [3.05, 3.63) is 59.7 Å². The van der Waals surface area contributed by atoms with Crippen molar-refractivity contribution in [1.29, 1.82) is 0 Å². The van der Waals surface area contributed by atoms with Crippen LogP contribution < -0.4 is 15.0 Å². The molecular weight excluding hydrogens is 399 g/mol. The summed E-state index contributed by atoms with van der Waals surface area (Å²) in [5, 5.41) is 2.67. The van der Waals surface area contributed by atoms with Gasteiger partial charge in [-0.25, -0.2) is 0 Å². The maximum atomic E-state index is 12.6. The second-order valence-electron chi connectivity index (χ2n) is 7.21. The summed E-state index contributed by atoms with van der Waals surface area (Å²) >= 11 is 0. The maximum Gasteiger partial charge on any atom is 0.573 e. The fraction of sp³-hybridized carbons (Fsp3) is 0.333. The number of anilines is 1. The lowest BCUT2D eigenvalue weighted by Crippen LogP contribution is -3.15. The van der Waals surface area contributed by atoms with E-state index in [4.69, 9.17) is 0 Å². The predicted molar refractivity (Wildman–Crippen MR) is 104 cm³/mol. The van der Waals surface area contributed by atoms with E-state index in [0.717, 1.165) is 22.6 Å². The van der Waals surface area contributed by atoms with Crippen LogP contribution in [0.25, 0.3) is 0 Å². The minimum Gasteiger partial charge on any atom is -0.406 e. The molecule has 6 nitrogen and oxygen atoms in total. The molecule has 2 amide bonds. The third-order valence-electron chi connectivity index (χ3n) is 4.84. The smallest absolute Gasteiger partial charge is 0.406 e. The molecule has 0 bridgehead atoms. The Hall–Kier alpha value is -3.07. The number of halogens is 3. The highest BCUT2D eigenvalue weighted by atomic mass is 19.4. The molecule has 2 aromatic rings. The van der Waals surface area contributed by atoms with E-state index < -0.39 is 6.36 Å². The molecule has 0 atom stereocenters. The van der Waals surface area contributed by atoms with Crippen molar-refractivity contribution in [2.75, 3.05) is 38.0 Å². The Bertz CT molecular complexity index is 875. The van der Waals surface area contributed by atoms with Crippen LogP contribution in [0.1, 0.15) is 15.9 Å². The van der Waals surface area contributed by atoms with Gasteiger partial charge >= 0.3 is 6.36 Å². The topological polar surface area (TPSA) is 63.1 Å². The number of benzene rings is 2. The summed E-state index contributed by atoms with van der Waals surface area (Å²) in [5.74, 6) is -0.604. The molecule has 0 aromatic heterocycles. The van der Waals surface area contributed by atoms with Crippen LogP contribution in [0.3, 0.4) is 0 Å². The monoisotopic (exact) mass is 422 g/mol. The molecule has 1 aliphatic heterocycles. The number of aryl methyl sites for hydroxylation is 1. The molecular formula is C21H23F3N3O3+. The zero-order valence-corrected chi connectivity index (χ0v) is 16.5. The fourth-order valence-electron chi connectivity index (χ4n) is 3.25.